The number of hydrogen-bond donors (Lipinski definition) is 0. The molecule has 2 aromatic rings. The number of nitrogens with zero attached hydrogens (tertiary/aromatic N) is 1. The van der Waals surface area contributed by atoms with Crippen molar-refractivity contribution in [2.24, 2.45) is 5.41 Å². The van der Waals surface area contributed by atoms with Gasteiger partial charge in [0.25, 0.3) is 0 Å². The van der Waals surface area contributed by atoms with Gasteiger partial charge in [0, 0.05) is 24.1 Å². The molecule has 0 bridgehead atoms. The molecule has 0 saturated heterocycles. The van der Waals surface area contributed by atoms with Crippen LogP contribution in [0.4, 0.5) is 0 Å². The lowest BCUT2D eigenvalue weighted by atomic mass is 9.98. The first-order valence-corrected chi connectivity index (χ1v) is 12.1. The zero-order valence-corrected chi connectivity index (χ0v) is 21.2. The average Bonchev–Trinajstić information content (AvgIpc) is 2.72. The van der Waals surface area contributed by atoms with Crippen LogP contribution in [0.2, 0.25) is 0 Å². The van der Waals surface area contributed by atoms with E-state index in [1.165, 1.54) is 10.8 Å². The predicted molar refractivity (Wildman–Crippen MR) is 136 cm³/mol. The molecular weight excluding hydrogens is 410 g/mol. The first kappa shape index (κ1) is 25.6. The number of ether oxygens (including phenoxy) is 1. The Morgan fingerprint density at radius 2 is 1.78 bits per heavy atom. The van der Waals surface area contributed by atoms with Gasteiger partial charge < -0.3 is 4.74 Å². The van der Waals surface area contributed by atoms with Crippen LogP contribution < -0.4 is 9.92 Å². The van der Waals surface area contributed by atoms with Crippen molar-refractivity contribution in [2.75, 3.05) is 13.1 Å². The van der Waals surface area contributed by atoms with Crippen LogP contribution in [0.1, 0.15) is 57.5 Å². The third kappa shape index (κ3) is 9.68. The van der Waals surface area contributed by atoms with Crippen molar-refractivity contribution in [1.82, 2.24) is 4.90 Å². The topological polar surface area (TPSA) is 29.5 Å². The fourth-order valence-electron chi connectivity index (χ4n) is 3.10. The highest BCUT2D eigenvalue weighted by Gasteiger charge is 2.22. The van der Waals surface area contributed by atoms with E-state index in [-0.39, 0.29) is 10.6 Å². The Morgan fingerprint density at radius 1 is 1.06 bits per heavy atom. The number of allylic oxidation sites excluding steroid dienone is 1. The van der Waals surface area contributed by atoms with E-state index >= 15 is 0 Å². The molecule has 0 N–H and O–H groups in total. The second kappa shape index (κ2) is 11.9. The molecule has 168 valence electrons. The third-order valence-corrected chi connectivity index (χ3v) is 5.96. The monoisotopic (exact) mass is 445 g/mol. The van der Waals surface area contributed by atoms with Crippen molar-refractivity contribution in [3.63, 3.8) is 0 Å². The van der Waals surface area contributed by atoms with Crippen LogP contribution in [0.5, 0.6) is 5.75 Å². The van der Waals surface area contributed by atoms with Gasteiger partial charge in [0.2, 0.25) is 0 Å². The molecule has 0 aromatic heterocycles. The van der Waals surface area contributed by atoms with Gasteiger partial charge in [0.15, 0.2) is 0 Å². The number of carbonyl (C=O) groups is 1. The van der Waals surface area contributed by atoms with Crippen LogP contribution in [0.25, 0.3) is 0 Å². The van der Waals surface area contributed by atoms with Gasteiger partial charge in [-0.1, -0.05) is 66.4 Å². The van der Waals surface area contributed by atoms with Crippen LogP contribution >= 0.6 is 0 Å². The van der Waals surface area contributed by atoms with Gasteiger partial charge >= 0.3 is 0 Å². The van der Waals surface area contributed by atoms with E-state index in [4.69, 9.17) is 4.74 Å². The number of likely N-dealkylation sites (N-methyl/N-ethyl adjacent to an activating group) is 1. The summed E-state index contributed by atoms with van der Waals surface area (Å²) in [7, 11) is 0.472. The lowest BCUT2D eigenvalue weighted by Gasteiger charge is -2.27. The molecule has 4 heteroatoms. The van der Waals surface area contributed by atoms with Crippen molar-refractivity contribution in [3.05, 3.63) is 71.8 Å². The molecule has 0 amide bonds. The standard InChI is InChI=1S/C28H35NO2Si/c1-7-29(19-10-8-9-18-27(2,3)4)21-24-12-11-13-25(20-24)31-28(5,6)32-26-16-14-23(22-30)15-17-26/h8,10-17,20,22H,7,19,21H2,1-6H3. The van der Waals surface area contributed by atoms with Crippen LogP contribution in [0, 0.1) is 17.3 Å². The highest BCUT2D eigenvalue weighted by Crippen LogP contribution is 2.20. The minimum absolute atomic E-state index is 0.0303. The van der Waals surface area contributed by atoms with Crippen LogP contribution in [0.3, 0.4) is 0 Å². The fourth-order valence-corrected chi connectivity index (χ4v) is 4.30. The minimum Gasteiger partial charge on any atom is -0.492 e. The first-order valence-electron chi connectivity index (χ1n) is 11.1. The summed E-state index contributed by atoms with van der Waals surface area (Å²) in [6.07, 6.45) is 4.95. The maximum absolute atomic E-state index is 10.9. The molecule has 2 radical (unpaired) electrons. The molecule has 3 nitrogen and oxygen atoms in total. The van der Waals surface area contributed by atoms with Gasteiger partial charge in [-0.15, -0.1) is 0 Å². The van der Waals surface area contributed by atoms with Crippen LogP contribution in [-0.4, -0.2) is 39.0 Å². The van der Waals surface area contributed by atoms with Crippen molar-refractivity contribution >= 4 is 21.0 Å². The molecule has 0 atom stereocenters. The van der Waals surface area contributed by atoms with E-state index in [0.29, 0.717) is 15.1 Å². The van der Waals surface area contributed by atoms with E-state index in [9.17, 15) is 4.79 Å². The summed E-state index contributed by atoms with van der Waals surface area (Å²) in [4.78, 5) is 13.2. The molecule has 0 saturated carbocycles. The molecule has 0 aliphatic carbocycles. The zero-order valence-electron chi connectivity index (χ0n) is 20.2. The Morgan fingerprint density at radius 3 is 2.41 bits per heavy atom. The first-order chi connectivity index (χ1) is 15.1. The summed E-state index contributed by atoms with van der Waals surface area (Å²) in [5, 5.41) is 0.843. The second-order valence-corrected chi connectivity index (χ2v) is 11.4. The molecule has 2 rings (SSSR count). The summed E-state index contributed by atoms with van der Waals surface area (Å²) < 4.78 is 6.36. The highest BCUT2D eigenvalue weighted by molar-refractivity contribution is 6.56. The lowest BCUT2D eigenvalue weighted by molar-refractivity contribution is 0.112. The van der Waals surface area contributed by atoms with E-state index < -0.39 is 0 Å². The number of aldehydes is 1. The molecule has 0 unspecified atom stereocenters. The summed E-state index contributed by atoms with van der Waals surface area (Å²) in [6.45, 7) is 15.4. The number of carbonyl (C=O) groups excluding carboxylic acids is 1. The normalized spacial score (nSPS) is 12.0. The third-order valence-electron chi connectivity index (χ3n) is 4.63. The van der Waals surface area contributed by atoms with Crippen LogP contribution in [0.15, 0.2) is 60.7 Å². The summed E-state index contributed by atoms with van der Waals surface area (Å²) in [5.74, 6) is 7.25. The maximum atomic E-state index is 10.9. The second-order valence-electron chi connectivity index (χ2n) is 9.37. The lowest BCUT2D eigenvalue weighted by Crippen LogP contribution is -2.42. The summed E-state index contributed by atoms with van der Waals surface area (Å²) >= 11 is 0. The molecule has 0 fully saturated rings. The van der Waals surface area contributed by atoms with Gasteiger partial charge in [0.05, 0.1) is 5.22 Å². The Balaban J connectivity index is 1.97. The Labute approximate surface area is 196 Å². The maximum Gasteiger partial charge on any atom is 0.150 e. The molecule has 32 heavy (non-hydrogen) atoms. The summed E-state index contributed by atoms with van der Waals surface area (Å²) in [6, 6.07) is 16.1. The van der Waals surface area contributed by atoms with Crippen molar-refractivity contribution in [3.8, 4) is 17.6 Å². The van der Waals surface area contributed by atoms with Crippen molar-refractivity contribution in [2.45, 2.75) is 53.3 Å². The quantitative estimate of drug-likeness (QED) is 0.290. The molecule has 0 heterocycles. The van der Waals surface area contributed by atoms with Gasteiger partial charge in [-0.05, 0) is 64.9 Å². The molecule has 0 aliphatic rings. The van der Waals surface area contributed by atoms with Crippen molar-refractivity contribution < 1.29 is 9.53 Å². The van der Waals surface area contributed by atoms with Gasteiger partial charge in [-0.3, -0.25) is 9.69 Å². The number of rotatable bonds is 10. The predicted octanol–water partition coefficient (Wildman–Crippen LogP) is 5.07. The largest absolute Gasteiger partial charge is 0.492 e. The molecule has 0 aliphatic heterocycles. The van der Waals surface area contributed by atoms with Gasteiger partial charge in [-0.25, -0.2) is 0 Å². The number of hydrogen-bond acceptors (Lipinski definition) is 3. The van der Waals surface area contributed by atoms with Crippen LogP contribution in [-0.2, 0) is 6.54 Å². The zero-order chi connectivity index (χ0) is 23.6. The minimum atomic E-state index is -0.333. The van der Waals surface area contributed by atoms with E-state index in [1.54, 1.807) is 0 Å². The van der Waals surface area contributed by atoms with E-state index in [0.717, 1.165) is 31.7 Å². The summed E-state index contributed by atoms with van der Waals surface area (Å²) in [5.41, 5.74) is 1.96. The molecule has 0 spiro atoms. The van der Waals surface area contributed by atoms with Crippen molar-refractivity contribution in [1.29, 1.82) is 0 Å². The Hall–Kier alpha value is -2.61. The molecular formula is C28H35NO2Si. The average molecular weight is 446 g/mol. The van der Waals surface area contributed by atoms with E-state index in [2.05, 4.69) is 82.6 Å². The fraction of sp³-hybridized carbons (Fsp3) is 0.393. The number of benzene rings is 2. The Bertz CT molecular complexity index is 959. The van der Waals surface area contributed by atoms with E-state index in [1.807, 2.05) is 36.4 Å². The van der Waals surface area contributed by atoms with Gasteiger partial charge in [0.1, 0.15) is 21.6 Å². The SMILES string of the molecule is CCN(CC=CC#CC(C)(C)C)Cc1cccc(OC(C)(C)[Si]c2ccc(C=O)cc2)c1. The Kier molecular flexibility index (Phi) is 9.50. The van der Waals surface area contributed by atoms with Gasteiger partial charge in [-0.2, -0.15) is 0 Å². The molecule has 2 aromatic carbocycles. The highest BCUT2D eigenvalue weighted by atomic mass is 28.2. The smallest absolute Gasteiger partial charge is 0.150 e.